The molecule has 0 aliphatic heterocycles. The molecule has 0 bridgehead atoms. The lowest BCUT2D eigenvalue weighted by Crippen LogP contribution is -2.44. The van der Waals surface area contributed by atoms with E-state index >= 15 is 0 Å². The lowest BCUT2D eigenvalue weighted by molar-refractivity contribution is -0.132. The monoisotopic (exact) mass is 520 g/mol. The molecule has 0 saturated heterocycles. The van der Waals surface area contributed by atoms with Gasteiger partial charge in [0.15, 0.2) is 6.10 Å². The maximum Gasteiger partial charge on any atom is 0.151 e. The molecule has 0 aliphatic rings. The molecule has 0 aliphatic carbocycles. The molecule has 4 rings (SSSR count). The summed E-state index contributed by atoms with van der Waals surface area (Å²) in [6.07, 6.45) is 0.298. The number of rotatable bonds is 16. The zero-order valence-corrected chi connectivity index (χ0v) is 22.2. The van der Waals surface area contributed by atoms with Crippen molar-refractivity contribution in [1.29, 1.82) is 0 Å². The summed E-state index contributed by atoms with van der Waals surface area (Å²) < 4.78 is 25.5. The molecule has 4 aromatic rings. The standard InChI is InChI=1S/C35H36O4/c1-3-33(37-25-30-18-10-5-11-19-30)35(38-26-31-20-12-6-13-21-31)34(27-36-24-29-16-8-4-9-17-29)39-28(2)32-22-14-7-15-23-32/h3-23,33-35H,1-2,24-27H2. The Morgan fingerprint density at radius 2 is 1.08 bits per heavy atom. The topological polar surface area (TPSA) is 36.9 Å². The second-order valence-electron chi connectivity index (χ2n) is 9.20. The van der Waals surface area contributed by atoms with Crippen molar-refractivity contribution in [2.24, 2.45) is 0 Å². The lowest BCUT2D eigenvalue weighted by Gasteiger charge is -2.33. The average molecular weight is 521 g/mol. The van der Waals surface area contributed by atoms with E-state index in [0.717, 1.165) is 22.3 Å². The lowest BCUT2D eigenvalue weighted by atomic mass is 10.1. The summed E-state index contributed by atoms with van der Waals surface area (Å²) in [5.41, 5.74) is 4.10. The van der Waals surface area contributed by atoms with Crippen LogP contribution < -0.4 is 0 Å². The van der Waals surface area contributed by atoms with Crippen LogP contribution in [0.4, 0.5) is 0 Å². The van der Waals surface area contributed by atoms with E-state index in [-0.39, 0.29) is 6.61 Å². The first-order valence-electron chi connectivity index (χ1n) is 13.2. The highest BCUT2D eigenvalue weighted by molar-refractivity contribution is 5.57. The van der Waals surface area contributed by atoms with Crippen molar-refractivity contribution in [3.63, 3.8) is 0 Å². The molecule has 0 N–H and O–H groups in total. The van der Waals surface area contributed by atoms with Gasteiger partial charge in [-0.05, 0) is 16.7 Å². The Hall–Kier alpha value is -3.96. The van der Waals surface area contributed by atoms with Gasteiger partial charge in [-0.3, -0.25) is 0 Å². The minimum atomic E-state index is -0.511. The fourth-order valence-electron chi connectivity index (χ4n) is 4.18. The molecule has 4 aromatic carbocycles. The Morgan fingerprint density at radius 3 is 1.59 bits per heavy atom. The summed E-state index contributed by atoms with van der Waals surface area (Å²) in [6.45, 7) is 9.82. The average Bonchev–Trinajstić information content (AvgIpc) is 3.00. The normalized spacial score (nSPS) is 13.2. The second-order valence-corrected chi connectivity index (χ2v) is 9.20. The first-order chi connectivity index (χ1) is 19.2. The molecule has 0 aromatic heterocycles. The van der Waals surface area contributed by atoms with E-state index in [1.807, 2.05) is 121 Å². The highest BCUT2D eigenvalue weighted by atomic mass is 16.6. The van der Waals surface area contributed by atoms with Crippen molar-refractivity contribution in [1.82, 2.24) is 0 Å². The SMILES string of the molecule is C=CC(OCc1ccccc1)C(OCc1ccccc1)C(COCc1ccccc1)OC(=C)c1ccccc1. The summed E-state index contributed by atoms with van der Waals surface area (Å²) in [5, 5.41) is 0. The Balaban J connectivity index is 1.56. The minimum Gasteiger partial charge on any atom is -0.485 e. The van der Waals surface area contributed by atoms with Crippen LogP contribution in [0.25, 0.3) is 5.76 Å². The fraction of sp³-hybridized carbons (Fsp3) is 0.200. The van der Waals surface area contributed by atoms with E-state index in [1.54, 1.807) is 6.08 Å². The molecule has 3 unspecified atom stereocenters. The second kappa shape index (κ2) is 15.5. The molecular formula is C35H36O4. The number of ether oxygens (including phenoxy) is 4. The molecule has 4 heteroatoms. The predicted octanol–water partition coefficient (Wildman–Crippen LogP) is 7.62. The van der Waals surface area contributed by atoms with Crippen molar-refractivity contribution in [3.8, 4) is 0 Å². The Labute approximate surface area is 232 Å². The van der Waals surface area contributed by atoms with E-state index in [2.05, 4.69) is 13.2 Å². The van der Waals surface area contributed by atoms with Gasteiger partial charge in [0.05, 0.1) is 26.4 Å². The van der Waals surface area contributed by atoms with Crippen LogP contribution in [-0.2, 0) is 38.8 Å². The summed E-state index contributed by atoms with van der Waals surface area (Å²) in [7, 11) is 0. The Morgan fingerprint density at radius 1 is 0.615 bits per heavy atom. The van der Waals surface area contributed by atoms with Crippen LogP contribution >= 0.6 is 0 Å². The van der Waals surface area contributed by atoms with Crippen molar-refractivity contribution < 1.29 is 18.9 Å². The fourth-order valence-corrected chi connectivity index (χ4v) is 4.18. The molecule has 0 fully saturated rings. The van der Waals surface area contributed by atoms with Crippen molar-refractivity contribution in [2.45, 2.75) is 38.1 Å². The van der Waals surface area contributed by atoms with Crippen LogP contribution in [0.3, 0.4) is 0 Å². The van der Waals surface area contributed by atoms with Gasteiger partial charge in [-0.25, -0.2) is 0 Å². The van der Waals surface area contributed by atoms with Crippen LogP contribution in [0.2, 0.25) is 0 Å². The van der Waals surface area contributed by atoms with Crippen LogP contribution in [0.1, 0.15) is 22.3 Å². The predicted molar refractivity (Wildman–Crippen MR) is 157 cm³/mol. The maximum absolute atomic E-state index is 6.53. The van der Waals surface area contributed by atoms with E-state index in [1.165, 1.54) is 0 Å². The van der Waals surface area contributed by atoms with Gasteiger partial charge >= 0.3 is 0 Å². The van der Waals surface area contributed by atoms with Crippen LogP contribution in [0.5, 0.6) is 0 Å². The first kappa shape index (κ1) is 28.1. The van der Waals surface area contributed by atoms with Crippen molar-refractivity contribution in [2.75, 3.05) is 6.61 Å². The molecule has 0 radical (unpaired) electrons. The van der Waals surface area contributed by atoms with E-state index in [0.29, 0.717) is 25.6 Å². The largest absolute Gasteiger partial charge is 0.485 e. The quantitative estimate of drug-likeness (QED) is 0.113. The van der Waals surface area contributed by atoms with Gasteiger partial charge < -0.3 is 18.9 Å². The molecule has 4 nitrogen and oxygen atoms in total. The Kier molecular flexibility index (Phi) is 11.1. The van der Waals surface area contributed by atoms with Crippen molar-refractivity contribution >= 4 is 5.76 Å². The van der Waals surface area contributed by atoms with Gasteiger partial charge in [-0.2, -0.15) is 0 Å². The number of hydrogen-bond donors (Lipinski definition) is 0. The third-order valence-electron chi connectivity index (χ3n) is 6.28. The molecule has 0 amide bonds. The first-order valence-corrected chi connectivity index (χ1v) is 13.2. The highest BCUT2D eigenvalue weighted by Gasteiger charge is 2.32. The molecule has 3 atom stereocenters. The Bertz CT molecular complexity index is 1240. The van der Waals surface area contributed by atoms with Gasteiger partial charge in [0, 0.05) is 5.56 Å². The molecule has 0 heterocycles. The molecule has 200 valence electrons. The van der Waals surface area contributed by atoms with Crippen molar-refractivity contribution in [3.05, 3.63) is 163 Å². The third-order valence-corrected chi connectivity index (χ3v) is 6.28. The van der Waals surface area contributed by atoms with Gasteiger partial charge in [0.25, 0.3) is 0 Å². The smallest absolute Gasteiger partial charge is 0.151 e. The summed E-state index contributed by atoms with van der Waals surface area (Å²) in [6, 6.07) is 40.0. The molecular weight excluding hydrogens is 484 g/mol. The van der Waals surface area contributed by atoms with Gasteiger partial charge in [-0.15, -0.1) is 6.58 Å². The van der Waals surface area contributed by atoms with Crippen LogP contribution in [-0.4, -0.2) is 24.9 Å². The summed E-state index contributed by atoms with van der Waals surface area (Å²) >= 11 is 0. The van der Waals surface area contributed by atoms with Gasteiger partial charge in [0.1, 0.15) is 18.0 Å². The van der Waals surface area contributed by atoms with Gasteiger partial charge in [0.2, 0.25) is 0 Å². The van der Waals surface area contributed by atoms with E-state index in [9.17, 15) is 0 Å². The minimum absolute atomic E-state index is 0.277. The summed E-state index contributed by atoms with van der Waals surface area (Å²) in [5.74, 6) is 0.545. The zero-order valence-electron chi connectivity index (χ0n) is 22.2. The number of hydrogen-bond acceptors (Lipinski definition) is 4. The van der Waals surface area contributed by atoms with E-state index in [4.69, 9.17) is 18.9 Å². The molecule has 0 spiro atoms. The van der Waals surface area contributed by atoms with E-state index < -0.39 is 18.3 Å². The summed E-state index contributed by atoms with van der Waals surface area (Å²) in [4.78, 5) is 0. The van der Waals surface area contributed by atoms with Crippen LogP contribution in [0, 0.1) is 0 Å². The molecule has 0 saturated carbocycles. The zero-order chi connectivity index (χ0) is 27.1. The van der Waals surface area contributed by atoms with Gasteiger partial charge in [-0.1, -0.05) is 134 Å². The highest BCUT2D eigenvalue weighted by Crippen LogP contribution is 2.24. The molecule has 39 heavy (non-hydrogen) atoms. The number of benzene rings is 4. The van der Waals surface area contributed by atoms with Crippen LogP contribution in [0.15, 0.2) is 141 Å². The third kappa shape index (κ3) is 9.08. The maximum atomic E-state index is 6.53.